The van der Waals surface area contributed by atoms with Crippen molar-refractivity contribution in [3.05, 3.63) is 87.3 Å². The Bertz CT molecular complexity index is 1690. The Morgan fingerprint density at radius 3 is 2.48 bits per heavy atom. The van der Waals surface area contributed by atoms with Gasteiger partial charge in [-0.1, -0.05) is 102 Å². The number of methoxy groups -OCH3 is 1. The van der Waals surface area contributed by atoms with Crippen LogP contribution in [0.15, 0.2) is 65.8 Å². The van der Waals surface area contributed by atoms with Crippen LogP contribution < -0.4 is 15.4 Å². The maximum atomic E-state index is 14.0. The first kappa shape index (κ1) is 46.0. The number of cyclic esters (lactones) is 2. The van der Waals surface area contributed by atoms with E-state index in [-0.39, 0.29) is 51.3 Å². The van der Waals surface area contributed by atoms with Gasteiger partial charge in [-0.15, -0.1) is 0 Å². The normalized spacial score (nSPS) is 22.0. The highest BCUT2D eigenvalue weighted by molar-refractivity contribution is 9.09. The van der Waals surface area contributed by atoms with Crippen LogP contribution >= 0.6 is 27.5 Å². The topological polar surface area (TPSA) is 195 Å². The van der Waals surface area contributed by atoms with E-state index in [1.165, 1.54) is 19.3 Å². The highest BCUT2D eigenvalue weighted by Gasteiger charge is 2.37. The molecule has 2 aromatic carbocycles. The van der Waals surface area contributed by atoms with Crippen LogP contribution in [0.1, 0.15) is 68.8 Å². The van der Waals surface area contributed by atoms with Crippen molar-refractivity contribution in [1.82, 2.24) is 10.6 Å². The standard InChI is InChI=1S/C40H51BrClN5O9/c1-25(2)21-34-40(52)55-32(26(3)37(54-20-19-48)36(41)28-11-6-5-7-12-28)14-10-15-35(49)46-31(23-27-16-17-33(53-4)30(42)22-27)38(50)44-24-29(39(51)56-34)13-8-9-18-45-47-43/h5-7,10-12,15-17,19,22,25-26,29,31-32,34,36-37H,8-9,13-14,18,20-21,23-24H2,1-4H3,(H,44,50)(H,46,49)/b15-10+/t26-,29+,31+,32-,34-,36-,37+/m0/s1. The molecule has 2 amide bonds. The third-order valence-electron chi connectivity index (χ3n) is 9.25. The number of ether oxygens (including phenoxy) is 4. The van der Waals surface area contributed by atoms with Crippen LogP contribution in [0.5, 0.6) is 5.75 Å². The summed E-state index contributed by atoms with van der Waals surface area (Å²) in [6.07, 6.45) is 2.00. The summed E-state index contributed by atoms with van der Waals surface area (Å²) in [5, 5.41) is 9.42. The van der Waals surface area contributed by atoms with Crippen molar-refractivity contribution >= 4 is 57.6 Å². The maximum Gasteiger partial charge on any atom is 0.347 e. The number of esters is 2. The van der Waals surface area contributed by atoms with Crippen LogP contribution in [-0.2, 0) is 44.6 Å². The number of hydrogen-bond acceptors (Lipinski definition) is 10. The largest absolute Gasteiger partial charge is 0.495 e. The molecule has 0 spiro atoms. The number of nitrogens with zero attached hydrogens (tertiary/aromatic N) is 3. The molecule has 1 aliphatic heterocycles. The molecule has 3 rings (SSSR count). The number of benzene rings is 2. The molecule has 1 heterocycles. The monoisotopic (exact) mass is 859 g/mol. The number of amides is 2. The highest BCUT2D eigenvalue weighted by Crippen LogP contribution is 2.36. The summed E-state index contributed by atoms with van der Waals surface area (Å²) < 4.78 is 23.3. The number of nitrogens with one attached hydrogen (secondary N) is 2. The van der Waals surface area contributed by atoms with Crippen molar-refractivity contribution in [2.45, 2.75) is 88.5 Å². The van der Waals surface area contributed by atoms with Crippen LogP contribution in [0.25, 0.3) is 10.4 Å². The average molecular weight is 861 g/mol. The van der Waals surface area contributed by atoms with E-state index >= 15 is 0 Å². The van der Waals surface area contributed by atoms with E-state index in [9.17, 15) is 24.0 Å². The van der Waals surface area contributed by atoms with Gasteiger partial charge < -0.3 is 34.4 Å². The summed E-state index contributed by atoms with van der Waals surface area (Å²) in [4.78, 5) is 68.8. The molecular weight excluding hydrogens is 810 g/mol. The van der Waals surface area contributed by atoms with Gasteiger partial charge in [0.05, 0.1) is 29.0 Å². The molecular formula is C40H51BrClN5O9. The van der Waals surface area contributed by atoms with Gasteiger partial charge in [-0.2, -0.15) is 0 Å². The van der Waals surface area contributed by atoms with Gasteiger partial charge in [0, 0.05) is 36.8 Å². The molecule has 2 N–H and O–H groups in total. The Balaban J connectivity index is 2.04. The van der Waals surface area contributed by atoms with E-state index < -0.39 is 64.8 Å². The second kappa shape index (κ2) is 24.3. The number of hydrogen-bond donors (Lipinski definition) is 2. The molecule has 0 saturated heterocycles. The fraction of sp³-hybridized carbons (Fsp3) is 0.525. The van der Waals surface area contributed by atoms with Gasteiger partial charge in [-0.05, 0) is 60.0 Å². The minimum absolute atomic E-state index is 0.0386. The van der Waals surface area contributed by atoms with E-state index in [0.717, 1.165) is 5.56 Å². The predicted molar refractivity (Wildman–Crippen MR) is 214 cm³/mol. The molecule has 0 unspecified atom stereocenters. The zero-order valence-electron chi connectivity index (χ0n) is 32.1. The molecule has 304 valence electrons. The highest BCUT2D eigenvalue weighted by atomic mass is 79.9. The van der Waals surface area contributed by atoms with Crippen molar-refractivity contribution < 1.29 is 42.9 Å². The second-order valence-electron chi connectivity index (χ2n) is 13.9. The summed E-state index contributed by atoms with van der Waals surface area (Å²) in [7, 11) is 1.48. The van der Waals surface area contributed by atoms with E-state index in [2.05, 4.69) is 36.6 Å². The van der Waals surface area contributed by atoms with Gasteiger partial charge in [0.1, 0.15) is 30.8 Å². The number of carbonyl (C=O) groups is 5. The lowest BCUT2D eigenvalue weighted by atomic mass is 9.90. The number of azide groups is 1. The van der Waals surface area contributed by atoms with Gasteiger partial charge in [-0.25, -0.2) is 4.79 Å². The van der Waals surface area contributed by atoms with Crippen LogP contribution in [0.2, 0.25) is 5.02 Å². The van der Waals surface area contributed by atoms with Crippen LogP contribution in [0.4, 0.5) is 0 Å². The molecule has 0 fully saturated rings. The van der Waals surface area contributed by atoms with Gasteiger partial charge in [0.2, 0.25) is 11.8 Å². The van der Waals surface area contributed by atoms with Crippen LogP contribution in [0, 0.1) is 17.8 Å². The van der Waals surface area contributed by atoms with Crippen LogP contribution in [0.3, 0.4) is 0 Å². The first-order valence-electron chi connectivity index (χ1n) is 18.6. The molecule has 14 nitrogen and oxygen atoms in total. The molecule has 56 heavy (non-hydrogen) atoms. The first-order chi connectivity index (χ1) is 26.9. The lowest BCUT2D eigenvalue weighted by molar-refractivity contribution is -0.178. The number of rotatable bonds is 17. The van der Waals surface area contributed by atoms with Crippen molar-refractivity contribution in [2.24, 2.45) is 22.9 Å². The van der Waals surface area contributed by atoms with Gasteiger partial charge in [0.25, 0.3) is 0 Å². The summed E-state index contributed by atoms with van der Waals surface area (Å²) in [5.41, 5.74) is 10.2. The lowest BCUT2D eigenvalue weighted by Crippen LogP contribution is -2.49. The minimum atomic E-state index is -1.28. The molecule has 0 saturated carbocycles. The summed E-state index contributed by atoms with van der Waals surface area (Å²) in [5.74, 6) is -3.71. The molecule has 1 aliphatic rings. The van der Waals surface area contributed by atoms with E-state index in [4.69, 9.17) is 36.1 Å². The second-order valence-corrected chi connectivity index (χ2v) is 15.3. The number of unbranched alkanes of at least 4 members (excludes halogenated alkanes) is 1. The zero-order chi connectivity index (χ0) is 41.0. The van der Waals surface area contributed by atoms with Gasteiger partial charge in [-0.3, -0.25) is 14.4 Å². The Kier molecular flexibility index (Phi) is 19.9. The van der Waals surface area contributed by atoms with Crippen molar-refractivity contribution in [3.63, 3.8) is 0 Å². The summed E-state index contributed by atoms with van der Waals surface area (Å²) in [6, 6.07) is 13.4. The summed E-state index contributed by atoms with van der Waals surface area (Å²) in [6.45, 7) is 5.41. The third kappa shape index (κ3) is 14.9. The number of aldehydes is 1. The van der Waals surface area contributed by atoms with Crippen molar-refractivity contribution in [3.8, 4) is 5.75 Å². The molecule has 0 bridgehead atoms. The zero-order valence-corrected chi connectivity index (χ0v) is 34.4. The Hall–Kier alpha value is -4.43. The summed E-state index contributed by atoms with van der Waals surface area (Å²) >= 11 is 10.1. The third-order valence-corrected chi connectivity index (χ3v) is 10.6. The molecule has 0 aliphatic carbocycles. The number of halogens is 2. The fourth-order valence-corrected chi connectivity index (χ4v) is 7.44. The molecule has 0 radical (unpaired) electrons. The van der Waals surface area contributed by atoms with Crippen molar-refractivity contribution in [1.29, 1.82) is 0 Å². The number of carbonyl (C=O) groups excluding carboxylic acids is 5. The predicted octanol–water partition coefficient (Wildman–Crippen LogP) is 6.77. The molecule has 7 atom stereocenters. The Morgan fingerprint density at radius 2 is 1.82 bits per heavy atom. The van der Waals surface area contributed by atoms with E-state index in [0.29, 0.717) is 35.5 Å². The lowest BCUT2D eigenvalue weighted by Gasteiger charge is -2.34. The Morgan fingerprint density at radius 1 is 1.07 bits per heavy atom. The average Bonchev–Trinajstić information content (AvgIpc) is 3.17. The quantitative estimate of drug-likeness (QED) is 0.0328. The smallest absolute Gasteiger partial charge is 0.347 e. The molecule has 2 aromatic rings. The van der Waals surface area contributed by atoms with Gasteiger partial charge >= 0.3 is 11.9 Å². The van der Waals surface area contributed by atoms with E-state index in [1.54, 1.807) is 18.2 Å². The van der Waals surface area contributed by atoms with Crippen molar-refractivity contribution in [2.75, 3.05) is 26.8 Å². The number of alkyl halides is 1. The molecule has 16 heteroatoms. The van der Waals surface area contributed by atoms with E-state index in [1.807, 2.05) is 51.1 Å². The van der Waals surface area contributed by atoms with Gasteiger partial charge in [0.15, 0.2) is 6.10 Å². The molecule has 0 aromatic heterocycles. The van der Waals surface area contributed by atoms with Crippen LogP contribution in [-0.4, -0.2) is 81.2 Å². The minimum Gasteiger partial charge on any atom is -0.495 e. The Labute approximate surface area is 341 Å². The first-order valence-corrected chi connectivity index (χ1v) is 19.9. The maximum absolute atomic E-state index is 14.0. The SMILES string of the molecule is COc1ccc(C[C@H]2NC(=O)/C=C/C[C@@H]([C@H](C)[C@@H](OCC=O)[C@@H](Br)c3ccccc3)OC(=O)[C@H](CC(C)C)OC(=O)[C@H](CCCCN=[N+]=[N-])CNC2=O)cc1Cl. The fourth-order valence-electron chi connectivity index (χ4n) is 6.22.